The Balaban J connectivity index is 1.71. The number of aliphatic hydroxyl groups excluding tert-OH is 1. The van der Waals surface area contributed by atoms with Crippen LogP contribution in [0.25, 0.3) is 11.3 Å². The molecule has 0 aliphatic carbocycles. The number of nitrogens with two attached hydrogens (primary N) is 1. The number of amides is 1. The molecule has 2 aliphatic heterocycles. The molecular formula is C25H31F3N6O5. The summed E-state index contributed by atoms with van der Waals surface area (Å²) in [4.78, 5) is 36.1. The number of anilines is 3. The Kier molecular flexibility index (Phi) is 8.75. The number of primary amides is 1. The number of nitrogens with one attached hydrogen (secondary N) is 1. The molecule has 39 heavy (non-hydrogen) atoms. The van der Waals surface area contributed by atoms with E-state index in [-0.39, 0.29) is 26.1 Å². The molecule has 0 bridgehead atoms. The van der Waals surface area contributed by atoms with E-state index >= 15 is 0 Å². The number of aryl methyl sites for hydroxylation is 1. The molecule has 1 aromatic heterocycles. The largest absolute Gasteiger partial charge is 0.434 e. The van der Waals surface area contributed by atoms with Crippen molar-refractivity contribution in [3.05, 3.63) is 29.8 Å². The highest BCUT2D eigenvalue weighted by Gasteiger charge is 2.44. The van der Waals surface area contributed by atoms with Gasteiger partial charge in [-0.05, 0) is 31.0 Å². The second-order valence-electron chi connectivity index (χ2n) is 9.41. The molecule has 14 heteroatoms. The zero-order chi connectivity index (χ0) is 28.2. The second-order valence-corrected chi connectivity index (χ2v) is 9.41. The number of alkyl halides is 3. The topological polar surface area (TPSA) is 143 Å². The van der Waals surface area contributed by atoms with Gasteiger partial charge >= 0.3 is 18.1 Å². The van der Waals surface area contributed by atoms with Crippen molar-refractivity contribution in [1.29, 1.82) is 0 Å². The van der Waals surface area contributed by atoms with Crippen molar-refractivity contribution in [3.63, 3.8) is 0 Å². The third-order valence-electron chi connectivity index (χ3n) is 6.65. The highest BCUT2D eigenvalue weighted by molar-refractivity contribution is 6.31. The van der Waals surface area contributed by atoms with Gasteiger partial charge in [0.15, 0.2) is 6.23 Å². The molecule has 4 N–H and O–H groups in total. The number of aromatic nitrogens is 2. The average molecular weight is 553 g/mol. The molecule has 0 spiro atoms. The Morgan fingerprint density at radius 1 is 1.21 bits per heavy atom. The van der Waals surface area contributed by atoms with Gasteiger partial charge < -0.3 is 35.4 Å². The molecule has 1 aromatic carbocycles. The molecule has 1 unspecified atom stereocenters. The number of ether oxygens (including phenoxy) is 2. The molecule has 2 fully saturated rings. The Labute approximate surface area is 223 Å². The molecule has 11 nitrogen and oxygen atoms in total. The lowest BCUT2D eigenvalue weighted by Gasteiger charge is -2.30. The first kappa shape index (κ1) is 28.4. The van der Waals surface area contributed by atoms with Crippen LogP contribution in [0, 0.1) is 12.8 Å². The number of morpholine rings is 1. The van der Waals surface area contributed by atoms with Crippen LogP contribution in [0.3, 0.4) is 0 Å². The van der Waals surface area contributed by atoms with Crippen molar-refractivity contribution in [1.82, 2.24) is 9.97 Å². The van der Waals surface area contributed by atoms with Crippen molar-refractivity contribution < 1.29 is 37.3 Å². The van der Waals surface area contributed by atoms with Gasteiger partial charge in [0.25, 0.3) is 0 Å². The summed E-state index contributed by atoms with van der Waals surface area (Å²) in [6, 6.07) is 7.10. The van der Waals surface area contributed by atoms with Gasteiger partial charge in [-0.2, -0.15) is 18.2 Å². The predicted molar refractivity (Wildman–Crippen MR) is 136 cm³/mol. The van der Waals surface area contributed by atoms with Crippen LogP contribution < -0.4 is 20.9 Å². The zero-order valence-corrected chi connectivity index (χ0v) is 21.4. The molecule has 2 atom stereocenters. The van der Waals surface area contributed by atoms with Crippen LogP contribution in [0.4, 0.5) is 30.6 Å². The maximum atomic E-state index is 13.3. The van der Waals surface area contributed by atoms with Crippen LogP contribution in [0.1, 0.15) is 18.4 Å². The molecule has 2 aliphatic rings. The van der Waals surface area contributed by atoms with Crippen LogP contribution in [0.2, 0.25) is 0 Å². The minimum Gasteiger partial charge on any atom is -0.434 e. The smallest absolute Gasteiger partial charge is 0.398 e. The summed E-state index contributed by atoms with van der Waals surface area (Å²) in [5.74, 6) is -2.87. The SMILES string of the molecule is Cc1ccc(N2CC[C@@H](CC(F)(F)F)C2OC(=O)C(N)=O)cc1-c1cc(N2CCOCC2)nc(NCCO)n1. The number of hydrogen-bond donors (Lipinski definition) is 3. The minimum absolute atomic E-state index is 0.101. The number of carbonyl (C=O) groups excluding carboxylic acids is 2. The maximum Gasteiger partial charge on any atom is 0.398 e. The monoisotopic (exact) mass is 552 g/mol. The van der Waals surface area contributed by atoms with Crippen LogP contribution in [0.5, 0.6) is 0 Å². The molecule has 3 heterocycles. The fourth-order valence-electron chi connectivity index (χ4n) is 4.77. The van der Waals surface area contributed by atoms with Crippen LogP contribution >= 0.6 is 0 Å². The lowest BCUT2D eigenvalue weighted by molar-refractivity contribution is -0.167. The van der Waals surface area contributed by atoms with Gasteiger partial charge in [-0.15, -0.1) is 0 Å². The van der Waals surface area contributed by atoms with E-state index in [1.807, 2.05) is 13.0 Å². The number of aliphatic hydroxyl groups is 1. The van der Waals surface area contributed by atoms with Gasteiger partial charge in [-0.25, -0.2) is 9.78 Å². The molecular weight excluding hydrogens is 521 g/mol. The van der Waals surface area contributed by atoms with Gasteiger partial charge in [-0.3, -0.25) is 4.79 Å². The fourth-order valence-corrected chi connectivity index (χ4v) is 4.77. The van der Waals surface area contributed by atoms with E-state index in [2.05, 4.69) is 20.2 Å². The van der Waals surface area contributed by atoms with Crippen LogP contribution in [-0.4, -0.2) is 85.4 Å². The third-order valence-corrected chi connectivity index (χ3v) is 6.65. The number of esters is 1. The van der Waals surface area contributed by atoms with Gasteiger partial charge in [0.2, 0.25) is 5.95 Å². The van der Waals surface area contributed by atoms with Crippen molar-refractivity contribution in [3.8, 4) is 11.3 Å². The maximum absolute atomic E-state index is 13.3. The van der Waals surface area contributed by atoms with Gasteiger partial charge in [0.05, 0.1) is 31.9 Å². The first-order valence-electron chi connectivity index (χ1n) is 12.6. The van der Waals surface area contributed by atoms with Crippen molar-refractivity contribution in [2.45, 2.75) is 32.2 Å². The number of nitrogens with zero attached hydrogens (tertiary/aromatic N) is 4. The highest BCUT2D eigenvalue weighted by Crippen LogP contribution is 2.39. The van der Waals surface area contributed by atoms with E-state index in [1.165, 1.54) is 4.90 Å². The van der Waals surface area contributed by atoms with E-state index in [4.69, 9.17) is 15.2 Å². The number of carbonyl (C=O) groups is 2. The molecule has 1 amide bonds. The summed E-state index contributed by atoms with van der Waals surface area (Å²) in [7, 11) is 0. The first-order chi connectivity index (χ1) is 18.6. The number of rotatable bonds is 8. The van der Waals surface area contributed by atoms with E-state index in [0.717, 1.165) is 5.56 Å². The van der Waals surface area contributed by atoms with Crippen molar-refractivity contribution in [2.75, 3.05) is 61.1 Å². The van der Waals surface area contributed by atoms with E-state index in [1.54, 1.807) is 18.2 Å². The highest BCUT2D eigenvalue weighted by atomic mass is 19.4. The lowest BCUT2D eigenvalue weighted by atomic mass is 10.0. The van der Waals surface area contributed by atoms with Crippen molar-refractivity contribution >= 4 is 29.3 Å². The number of hydrogen-bond acceptors (Lipinski definition) is 10. The molecule has 212 valence electrons. The Hall–Kier alpha value is -3.65. The first-order valence-corrected chi connectivity index (χ1v) is 12.6. The molecule has 2 saturated heterocycles. The van der Waals surface area contributed by atoms with E-state index in [0.29, 0.717) is 55.0 Å². The average Bonchev–Trinajstić information content (AvgIpc) is 3.28. The molecule has 4 rings (SSSR count). The van der Waals surface area contributed by atoms with E-state index < -0.39 is 36.6 Å². The fraction of sp³-hybridized carbons (Fsp3) is 0.520. The van der Waals surface area contributed by atoms with E-state index in [9.17, 15) is 27.9 Å². The summed E-state index contributed by atoms with van der Waals surface area (Å²) in [6.45, 7) is 4.54. The van der Waals surface area contributed by atoms with Crippen LogP contribution in [0.15, 0.2) is 24.3 Å². The summed E-state index contributed by atoms with van der Waals surface area (Å²) in [5, 5.41) is 12.3. The summed E-state index contributed by atoms with van der Waals surface area (Å²) in [5.41, 5.74) is 7.60. The summed E-state index contributed by atoms with van der Waals surface area (Å²) < 4.78 is 50.4. The number of benzene rings is 1. The molecule has 0 saturated carbocycles. The molecule has 2 aromatic rings. The Morgan fingerprint density at radius 3 is 2.62 bits per heavy atom. The second kappa shape index (κ2) is 12.0. The van der Waals surface area contributed by atoms with Gasteiger partial charge in [-0.1, -0.05) is 6.07 Å². The Bertz CT molecular complexity index is 1190. The van der Waals surface area contributed by atoms with Crippen LogP contribution in [-0.2, 0) is 19.1 Å². The van der Waals surface area contributed by atoms with Gasteiger partial charge in [0.1, 0.15) is 5.82 Å². The summed E-state index contributed by atoms with van der Waals surface area (Å²) in [6.07, 6.45) is -6.87. The predicted octanol–water partition coefficient (Wildman–Crippen LogP) is 1.83. The van der Waals surface area contributed by atoms with Crippen molar-refractivity contribution in [2.24, 2.45) is 11.7 Å². The van der Waals surface area contributed by atoms with Gasteiger partial charge in [0, 0.05) is 49.4 Å². The normalized spacial score (nSPS) is 19.7. The lowest BCUT2D eigenvalue weighted by Crippen LogP contribution is -2.41. The quantitative estimate of drug-likeness (QED) is 0.328. The minimum atomic E-state index is -4.48. The third kappa shape index (κ3) is 7.06. The number of halogens is 3. The zero-order valence-electron chi connectivity index (χ0n) is 21.4. The standard InChI is InChI=1S/C25H31F3N6O5/c1-15-2-3-17(34-6-4-16(14-25(26,27)28)22(34)39-23(37)21(29)36)12-18(15)19-13-20(33-7-10-38-11-8-33)32-24(31-19)30-5-9-35/h2-3,12-13,16,22,35H,4-11,14H2,1H3,(H2,29,36)(H,30,31,32)/t16-,22?/m0/s1. The molecule has 0 radical (unpaired) electrons. The Morgan fingerprint density at radius 2 is 1.95 bits per heavy atom. The summed E-state index contributed by atoms with van der Waals surface area (Å²) >= 11 is 0.